The molecule has 2 nitrogen and oxygen atoms in total. The number of ether oxygens (including phenoxy) is 1. The van der Waals surface area contributed by atoms with Crippen LogP contribution in [0.2, 0.25) is 0 Å². The molecule has 2 atom stereocenters. The van der Waals surface area contributed by atoms with E-state index in [-0.39, 0.29) is 5.41 Å². The summed E-state index contributed by atoms with van der Waals surface area (Å²) in [6.07, 6.45) is 0.983. The van der Waals surface area contributed by atoms with Crippen LogP contribution in [-0.4, -0.2) is 6.61 Å². The fourth-order valence-electron chi connectivity index (χ4n) is 2.18. The molecule has 0 saturated heterocycles. The maximum Gasteiger partial charge on any atom is 0.122 e. The SMILES string of the molecule is CCOc1ccc(C2CC2(C)C#N)cc1C. The topological polar surface area (TPSA) is 33.0 Å². The second kappa shape index (κ2) is 3.83. The Labute approximate surface area is 96.9 Å². The molecule has 0 amide bonds. The predicted octanol–water partition coefficient (Wildman–Crippen LogP) is 3.41. The Hall–Kier alpha value is -1.49. The van der Waals surface area contributed by atoms with E-state index in [0.717, 1.165) is 17.7 Å². The zero-order valence-corrected chi connectivity index (χ0v) is 10.1. The summed E-state index contributed by atoms with van der Waals surface area (Å²) in [7, 11) is 0. The average molecular weight is 215 g/mol. The summed E-state index contributed by atoms with van der Waals surface area (Å²) < 4.78 is 5.51. The van der Waals surface area contributed by atoms with Gasteiger partial charge in [-0.25, -0.2) is 0 Å². The van der Waals surface area contributed by atoms with Crippen molar-refractivity contribution in [3.8, 4) is 11.8 Å². The zero-order valence-electron chi connectivity index (χ0n) is 10.1. The van der Waals surface area contributed by atoms with Gasteiger partial charge in [0.2, 0.25) is 0 Å². The van der Waals surface area contributed by atoms with Crippen molar-refractivity contribution in [3.05, 3.63) is 29.3 Å². The van der Waals surface area contributed by atoms with E-state index in [4.69, 9.17) is 10.00 Å². The van der Waals surface area contributed by atoms with Gasteiger partial charge in [-0.15, -0.1) is 0 Å². The van der Waals surface area contributed by atoms with Gasteiger partial charge in [0.25, 0.3) is 0 Å². The fraction of sp³-hybridized carbons (Fsp3) is 0.500. The maximum absolute atomic E-state index is 9.03. The van der Waals surface area contributed by atoms with Crippen LogP contribution in [0.1, 0.15) is 37.3 Å². The molecule has 1 saturated carbocycles. The number of aryl methyl sites for hydroxylation is 1. The van der Waals surface area contributed by atoms with E-state index < -0.39 is 0 Å². The molecule has 1 fully saturated rings. The molecule has 1 aliphatic rings. The quantitative estimate of drug-likeness (QED) is 0.774. The molecule has 2 heteroatoms. The van der Waals surface area contributed by atoms with Crippen molar-refractivity contribution in [1.82, 2.24) is 0 Å². The van der Waals surface area contributed by atoms with Crippen molar-refractivity contribution in [2.45, 2.75) is 33.1 Å². The molecule has 0 aliphatic heterocycles. The zero-order chi connectivity index (χ0) is 11.8. The average Bonchev–Trinajstić information content (AvgIpc) is 2.95. The Kier molecular flexibility index (Phi) is 2.63. The third kappa shape index (κ3) is 1.78. The van der Waals surface area contributed by atoms with Gasteiger partial charge in [0, 0.05) is 5.92 Å². The summed E-state index contributed by atoms with van der Waals surface area (Å²) in [6, 6.07) is 8.65. The molecule has 84 valence electrons. The molecule has 0 bridgehead atoms. The minimum absolute atomic E-state index is 0.139. The van der Waals surface area contributed by atoms with Crippen LogP contribution in [0.15, 0.2) is 18.2 Å². The van der Waals surface area contributed by atoms with Gasteiger partial charge in [-0.3, -0.25) is 0 Å². The van der Waals surface area contributed by atoms with Crippen LogP contribution in [0.5, 0.6) is 5.75 Å². The lowest BCUT2D eigenvalue weighted by molar-refractivity contribution is 0.338. The van der Waals surface area contributed by atoms with Crippen molar-refractivity contribution >= 4 is 0 Å². The lowest BCUT2D eigenvalue weighted by Gasteiger charge is -2.09. The highest BCUT2D eigenvalue weighted by Crippen LogP contribution is 2.58. The lowest BCUT2D eigenvalue weighted by atomic mass is 10.0. The number of hydrogen-bond acceptors (Lipinski definition) is 2. The molecule has 1 aromatic rings. The van der Waals surface area contributed by atoms with Crippen LogP contribution < -0.4 is 4.74 Å². The molecule has 0 radical (unpaired) electrons. The number of hydrogen-bond donors (Lipinski definition) is 0. The van der Waals surface area contributed by atoms with E-state index in [1.807, 2.05) is 19.9 Å². The van der Waals surface area contributed by atoms with Gasteiger partial charge >= 0.3 is 0 Å². The third-order valence-corrected chi connectivity index (χ3v) is 3.39. The van der Waals surface area contributed by atoms with E-state index in [1.54, 1.807) is 0 Å². The Bertz CT molecular complexity index is 447. The predicted molar refractivity (Wildman–Crippen MR) is 63.4 cm³/mol. The van der Waals surface area contributed by atoms with Gasteiger partial charge in [-0.2, -0.15) is 5.26 Å². The van der Waals surface area contributed by atoms with E-state index in [9.17, 15) is 0 Å². The van der Waals surface area contributed by atoms with Crippen LogP contribution in [-0.2, 0) is 0 Å². The van der Waals surface area contributed by atoms with Crippen LogP contribution in [0.3, 0.4) is 0 Å². The van der Waals surface area contributed by atoms with Gasteiger partial charge in [0.05, 0.1) is 18.1 Å². The Morgan fingerprint density at radius 1 is 1.56 bits per heavy atom. The minimum Gasteiger partial charge on any atom is -0.494 e. The number of rotatable bonds is 3. The molecule has 2 unspecified atom stereocenters. The summed E-state index contributed by atoms with van der Waals surface area (Å²) in [5, 5.41) is 9.03. The highest BCUT2D eigenvalue weighted by Gasteiger charge is 2.51. The molecule has 16 heavy (non-hydrogen) atoms. The molecular weight excluding hydrogens is 198 g/mol. The Morgan fingerprint density at radius 3 is 2.81 bits per heavy atom. The monoisotopic (exact) mass is 215 g/mol. The normalized spacial score (nSPS) is 27.2. The third-order valence-electron chi connectivity index (χ3n) is 3.39. The summed E-state index contributed by atoms with van der Waals surface area (Å²) in [4.78, 5) is 0. The summed E-state index contributed by atoms with van der Waals surface area (Å²) in [5.41, 5.74) is 2.29. The Balaban J connectivity index is 2.21. The molecule has 0 spiro atoms. The van der Waals surface area contributed by atoms with Crippen molar-refractivity contribution in [2.24, 2.45) is 5.41 Å². The summed E-state index contributed by atoms with van der Waals surface area (Å²) in [5.74, 6) is 1.36. The molecule has 2 rings (SSSR count). The van der Waals surface area contributed by atoms with Gasteiger partial charge in [0.1, 0.15) is 5.75 Å². The van der Waals surface area contributed by atoms with Crippen molar-refractivity contribution in [2.75, 3.05) is 6.61 Å². The Morgan fingerprint density at radius 2 is 2.31 bits per heavy atom. The van der Waals surface area contributed by atoms with Gasteiger partial charge in [-0.1, -0.05) is 12.1 Å². The van der Waals surface area contributed by atoms with Crippen LogP contribution in [0.25, 0.3) is 0 Å². The van der Waals surface area contributed by atoms with Crippen molar-refractivity contribution < 1.29 is 4.74 Å². The van der Waals surface area contributed by atoms with Crippen LogP contribution >= 0.6 is 0 Å². The van der Waals surface area contributed by atoms with E-state index in [2.05, 4.69) is 25.1 Å². The minimum atomic E-state index is -0.139. The molecule has 0 N–H and O–H groups in total. The number of nitrogens with zero attached hydrogens (tertiary/aromatic N) is 1. The van der Waals surface area contributed by atoms with Crippen molar-refractivity contribution in [1.29, 1.82) is 5.26 Å². The first-order valence-electron chi connectivity index (χ1n) is 5.75. The highest BCUT2D eigenvalue weighted by molar-refractivity contribution is 5.42. The number of benzene rings is 1. The standard InChI is InChI=1S/C14H17NO/c1-4-16-13-6-5-11(7-10(13)2)12-8-14(12,3)9-15/h5-7,12H,4,8H2,1-3H3. The molecular formula is C14H17NO. The lowest BCUT2D eigenvalue weighted by Crippen LogP contribution is -1.96. The van der Waals surface area contributed by atoms with Gasteiger partial charge in [-0.05, 0) is 44.4 Å². The van der Waals surface area contributed by atoms with Crippen LogP contribution in [0, 0.1) is 23.7 Å². The first-order chi connectivity index (χ1) is 7.60. The number of nitriles is 1. The van der Waals surface area contributed by atoms with E-state index in [0.29, 0.717) is 12.5 Å². The van der Waals surface area contributed by atoms with Crippen LogP contribution in [0.4, 0.5) is 0 Å². The second-order valence-electron chi connectivity index (χ2n) is 4.74. The maximum atomic E-state index is 9.03. The van der Waals surface area contributed by atoms with Crippen molar-refractivity contribution in [3.63, 3.8) is 0 Å². The first-order valence-corrected chi connectivity index (χ1v) is 5.75. The second-order valence-corrected chi connectivity index (χ2v) is 4.74. The summed E-state index contributed by atoms with van der Waals surface area (Å²) >= 11 is 0. The molecule has 0 heterocycles. The molecule has 1 aromatic carbocycles. The molecule has 1 aliphatic carbocycles. The van der Waals surface area contributed by atoms with Gasteiger partial charge in [0.15, 0.2) is 0 Å². The largest absolute Gasteiger partial charge is 0.494 e. The smallest absolute Gasteiger partial charge is 0.122 e. The van der Waals surface area contributed by atoms with Gasteiger partial charge < -0.3 is 4.74 Å². The summed E-state index contributed by atoms with van der Waals surface area (Å²) in [6.45, 7) is 6.77. The fourth-order valence-corrected chi connectivity index (χ4v) is 2.18. The highest BCUT2D eigenvalue weighted by atomic mass is 16.5. The molecule has 0 aromatic heterocycles. The first kappa shape index (κ1) is 11.0. The van der Waals surface area contributed by atoms with E-state index in [1.165, 1.54) is 5.56 Å². The van der Waals surface area contributed by atoms with E-state index >= 15 is 0 Å².